The second-order valence-corrected chi connectivity index (χ2v) is 4.80. The van der Waals surface area contributed by atoms with Gasteiger partial charge in [-0.2, -0.15) is 0 Å². The molecule has 4 nitrogen and oxygen atoms in total. The number of rotatable bonds is 9. The number of ether oxygens (including phenoxy) is 1. The summed E-state index contributed by atoms with van der Waals surface area (Å²) in [7, 11) is 0. The molecule has 1 atom stereocenters. The highest BCUT2D eigenvalue weighted by molar-refractivity contribution is 5.75. The lowest BCUT2D eigenvalue weighted by Crippen LogP contribution is -2.44. The molecule has 0 radical (unpaired) electrons. The summed E-state index contributed by atoms with van der Waals surface area (Å²) in [6, 6.07) is 9.94. The zero-order chi connectivity index (χ0) is 14.8. The Labute approximate surface area is 121 Å². The first-order valence-electron chi connectivity index (χ1n) is 7.37. The molecule has 0 bridgehead atoms. The zero-order valence-electron chi connectivity index (χ0n) is 12.5. The molecule has 0 aromatic heterocycles. The number of carbonyl (C=O) groups is 1. The third-order valence-electron chi connectivity index (χ3n) is 3.21. The van der Waals surface area contributed by atoms with Crippen molar-refractivity contribution in [3.8, 4) is 0 Å². The molecule has 0 saturated heterocycles. The van der Waals surface area contributed by atoms with Gasteiger partial charge in [0.15, 0.2) is 0 Å². The second kappa shape index (κ2) is 9.50. The van der Waals surface area contributed by atoms with Gasteiger partial charge in [0, 0.05) is 19.6 Å². The van der Waals surface area contributed by atoms with E-state index in [0.717, 1.165) is 19.4 Å². The van der Waals surface area contributed by atoms with E-state index < -0.39 is 0 Å². The number of hydrogen-bond acceptors (Lipinski definition) is 4. The van der Waals surface area contributed by atoms with Crippen LogP contribution in [0.2, 0.25) is 0 Å². The number of hydrogen-bond donors (Lipinski definition) is 1. The second-order valence-electron chi connectivity index (χ2n) is 4.80. The van der Waals surface area contributed by atoms with E-state index in [0.29, 0.717) is 19.7 Å². The van der Waals surface area contributed by atoms with Crippen LogP contribution in [0.3, 0.4) is 0 Å². The molecule has 0 aliphatic carbocycles. The predicted molar refractivity (Wildman–Crippen MR) is 81.2 cm³/mol. The Kier molecular flexibility index (Phi) is 7.92. The quantitative estimate of drug-likeness (QED) is 0.703. The summed E-state index contributed by atoms with van der Waals surface area (Å²) in [6.07, 6.45) is 1.74. The van der Waals surface area contributed by atoms with Crippen LogP contribution in [0.5, 0.6) is 0 Å². The Bertz CT molecular complexity index is 381. The van der Waals surface area contributed by atoms with Crippen molar-refractivity contribution in [2.24, 2.45) is 5.73 Å². The molecular weight excluding hydrogens is 252 g/mol. The van der Waals surface area contributed by atoms with Gasteiger partial charge in [-0.25, -0.2) is 0 Å². The van der Waals surface area contributed by atoms with Gasteiger partial charge in [0.25, 0.3) is 0 Å². The third kappa shape index (κ3) is 5.31. The van der Waals surface area contributed by atoms with Crippen LogP contribution in [0.4, 0.5) is 0 Å². The minimum Gasteiger partial charge on any atom is -0.465 e. The number of nitrogens with zero attached hydrogens (tertiary/aromatic N) is 1. The van der Waals surface area contributed by atoms with Crippen LogP contribution < -0.4 is 5.73 Å². The van der Waals surface area contributed by atoms with Crippen molar-refractivity contribution in [1.82, 2.24) is 4.90 Å². The van der Waals surface area contributed by atoms with Crippen molar-refractivity contribution >= 4 is 5.97 Å². The lowest BCUT2D eigenvalue weighted by Gasteiger charge is -2.29. The van der Waals surface area contributed by atoms with Crippen LogP contribution in [0, 0.1) is 0 Å². The summed E-state index contributed by atoms with van der Waals surface area (Å²) in [5.74, 6) is -0.140. The fourth-order valence-corrected chi connectivity index (χ4v) is 2.29. The average Bonchev–Trinajstić information content (AvgIpc) is 2.46. The molecule has 1 aromatic carbocycles. The van der Waals surface area contributed by atoms with E-state index in [-0.39, 0.29) is 12.0 Å². The van der Waals surface area contributed by atoms with Gasteiger partial charge in [0.05, 0.1) is 6.61 Å². The largest absolute Gasteiger partial charge is 0.465 e. The maximum atomic E-state index is 12.1. The molecule has 0 saturated carbocycles. The van der Waals surface area contributed by atoms with Crippen LogP contribution in [0.1, 0.15) is 32.3 Å². The predicted octanol–water partition coefficient (Wildman–Crippen LogP) is 2.18. The highest BCUT2D eigenvalue weighted by Gasteiger charge is 2.25. The van der Waals surface area contributed by atoms with Gasteiger partial charge in [0.2, 0.25) is 0 Å². The van der Waals surface area contributed by atoms with Crippen LogP contribution >= 0.6 is 0 Å². The molecule has 1 aromatic rings. The van der Waals surface area contributed by atoms with Crippen molar-refractivity contribution < 1.29 is 9.53 Å². The van der Waals surface area contributed by atoms with E-state index in [1.165, 1.54) is 5.56 Å². The van der Waals surface area contributed by atoms with Gasteiger partial charge in [-0.05, 0) is 18.9 Å². The SMILES string of the molecule is CCCC(C(=O)OCC)N(CCN)Cc1ccccc1. The van der Waals surface area contributed by atoms with Crippen molar-refractivity contribution in [2.75, 3.05) is 19.7 Å². The minimum absolute atomic E-state index is 0.140. The van der Waals surface area contributed by atoms with Crippen LogP contribution in [-0.2, 0) is 16.1 Å². The van der Waals surface area contributed by atoms with Crippen molar-refractivity contribution in [1.29, 1.82) is 0 Å². The summed E-state index contributed by atoms with van der Waals surface area (Å²) >= 11 is 0. The van der Waals surface area contributed by atoms with Gasteiger partial charge in [0.1, 0.15) is 6.04 Å². The molecule has 0 heterocycles. The highest BCUT2D eigenvalue weighted by atomic mass is 16.5. The zero-order valence-corrected chi connectivity index (χ0v) is 12.5. The molecule has 0 aliphatic rings. The highest BCUT2D eigenvalue weighted by Crippen LogP contribution is 2.13. The Morgan fingerprint density at radius 1 is 1.30 bits per heavy atom. The van der Waals surface area contributed by atoms with Crippen molar-refractivity contribution in [3.05, 3.63) is 35.9 Å². The van der Waals surface area contributed by atoms with Gasteiger partial charge in [-0.1, -0.05) is 43.7 Å². The Balaban J connectivity index is 2.81. The molecule has 1 rings (SSSR count). The minimum atomic E-state index is -0.205. The van der Waals surface area contributed by atoms with Crippen molar-refractivity contribution in [2.45, 2.75) is 39.3 Å². The van der Waals surface area contributed by atoms with Gasteiger partial charge in [-0.3, -0.25) is 9.69 Å². The third-order valence-corrected chi connectivity index (χ3v) is 3.21. The molecule has 0 amide bonds. The lowest BCUT2D eigenvalue weighted by molar-refractivity contribution is -0.150. The molecule has 4 heteroatoms. The fraction of sp³-hybridized carbons (Fsp3) is 0.562. The summed E-state index contributed by atoms with van der Waals surface area (Å²) in [6.45, 7) is 6.29. The smallest absolute Gasteiger partial charge is 0.323 e. The molecular formula is C16H26N2O2. The van der Waals surface area contributed by atoms with Gasteiger partial charge < -0.3 is 10.5 Å². The van der Waals surface area contributed by atoms with E-state index in [2.05, 4.69) is 24.0 Å². The fourth-order valence-electron chi connectivity index (χ4n) is 2.29. The first-order chi connectivity index (χ1) is 9.72. The number of benzene rings is 1. The first kappa shape index (κ1) is 16.7. The molecule has 1 unspecified atom stereocenters. The molecule has 0 spiro atoms. The Morgan fingerprint density at radius 3 is 2.55 bits per heavy atom. The van der Waals surface area contributed by atoms with E-state index >= 15 is 0 Å². The summed E-state index contributed by atoms with van der Waals surface area (Å²) in [5, 5.41) is 0. The maximum absolute atomic E-state index is 12.1. The molecule has 20 heavy (non-hydrogen) atoms. The summed E-state index contributed by atoms with van der Waals surface area (Å²) in [4.78, 5) is 14.3. The summed E-state index contributed by atoms with van der Waals surface area (Å²) in [5.41, 5.74) is 6.88. The number of carbonyl (C=O) groups excluding carboxylic acids is 1. The van der Waals surface area contributed by atoms with Crippen molar-refractivity contribution in [3.63, 3.8) is 0 Å². The summed E-state index contributed by atoms with van der Waals surface area (Å²) < 4.78 is 5.20. The van der Waals surface area contributed by atoms with Gasteiger partial charge >= 0.3 is 5.97 Å². The first-order valence-corrected chi connectivity index (χ1v) is 7.37. The van der Waals surface area contributed by atoms with Crippen LogP contribution in [0.25, 0.3) is 0 Å². The standard InChI is InChI=1S/C16H26N2O2/c1-3-8-15(16(19)20-4-2)18(12-11-17)13-14-9-6-5-7-10-14/h5-7,9-10,15H,3-4,8,11-13,17H2,1-2H3. The molecule has 2 N–H and O–H groups in total. The van der Waals surface area contributed by atoms with Crippen LogP contribution in [0.15, 0.2) is 30.3 Å². The molecule has 112 valence electrons. The van der Waals surface area contributed by atoms with E-state index in [9.17, 15) is 4.79 Å². The van der Waals surface area contributed by atoms with Gasteiger partial charge in [-0.15, -0.1) is 0 Å². The van der Waals surface area contributed by atoms with E-state index in [4.69, 9.17) is 10.5 Å². The monoisotopic (exact) mass is 278 g/mol. The maximum Gasteiger partial charge on any atom is 0.323 e. The Morgan fingerprint density at radius 2 is 2.00 bits per heavy atom. The van der Waals surface area contributed by atoms with Crippen LogP contribution in [-0.4, -0.2) is 36.6 Å². The van der Waals surface area contributed by atoms with E-state index in [1.807, 2.05) is 25.1 Å². The lowest BCUT2D eigenvalue weighted by atomic mass is 10.1. The number of nitrogens with two attached hydrogens (primary N) is 1. The average molecular weight is 278 g/mol. The number of esters is 1. The van der Waals surface area contributed by atoms with E-state index in [1.54, 1.807) is 0 Å². The normalized spacial score (nSPS) is 12.4. The molecule has 0 fully saturated rings. The topological polar surface area (TPSA) is 55.6 Å². The molecule has 0 aliphatic heterocycles. The Hall–Kier alpha value is -1.39.